The SMILES string of the molecule is BrC#Cc1ccc2ccc3cccc4ccc1c2c34. The van der Waals surface area contributed by atoms with Gasteiger partial charge < -0.3 is 0 Å². The lowest BCUT2D eigenvalue weighted by molar-refractivity contribution is 1.74. The highest BCUT2D eigenvalue weighted by Crippen LogP contribution is 2.35. The lowest BCUT2D eigenvalue weighted by Gasteiger charge is -2.11. The fourth-order valence-electron chi connectivity index (χ4n) is 2.90. The fourth-order valence-corrected chi connectivity index (χ4v) is 3.11. The Morgan fingerprint density at radius 1 is 0.684 bits per heavy atom. The van der Waals surface area contributed by atoms with E-state index in [0.29, 0.717) is 0 Å². The summed E-state index contributed by atoms with van der Waals surface area (Å²) in [5.74, 6) is 3.13. The zero-order valence-electron chi connectivity index (χ0n) is 10.1. The maximum Gasteiger partial charge on any atom is 0.0333 e. The van der Waals surface area contributed by atoms with Gasteiger partial charge in [0.1, 0.15) is 0 Å². The minimum Gasteiger partial charge on any atom is -0.0610 e. The molecule has 0 N–H and O–H groups in total. The van der Waals surface area contributed by atoms with E-state index in [1.807, 2.05) is 0 Å². The van der Waals surface area contributed by atoms with Gasteiger partial charge in [0.05, 0.1) is 0 Å². The highest BCUT2D eigenvalue weighted by atomic mass is 79.9. The van der Waals surface area contributed by atoms with Crippen molar-refractivity contribution in [2.45, 2.75) is 0 Å². The topological polar surface area (TPSA) is 0 Å². The Morgan fingerprint density at radius 2 is 1.32 bits per heavy atom. The zero-order chi connectivity index (χ0) is 12.8. The van der Waals surface area contributed by atoms with Crippen molar-refractivity contribution in [1.82, 2.24) is 0 Å². The summed E-state index contributed by atoms with van der Waals surface area (Å²) >= 11 is 3.19. The standard InChI is InChI=1S/C18H9Br/c19-11-10-12-4-5-15-7-6-13-2-1-3-14-8-9-16(12)18(15)17(13)14/h1-9H. The van der Waals surface area contributed by atoms with Crippen molar-refractivity contribution in [2.75, 3.05) is 0 Å². The lowest BCUT2D eigenvalue weighted by atomic mass is 9.92. The first kappa shape index (κ1) is 10.8. The van der Waals surface area contributed by atoms with Gasteiger partial charge >= 0.3 is 0 Å². The number of benzene rings is 4. The van der Waals surface area contributed by atoms with E-state index in [2.05, 4.69) is 81.3 Å². The molecule has 0 amide bonds. The molecular formula is C18H9Br. The maximum absolute atomic E-state index is 3.19. The van der Waals surface area contributed by atoms with Crippen molar-refractivity contribution in [2.24, 2.45) is 0 Å². The molecular weight excluding hydrogens is 296 g/mol. The Balaban J connectivity index is 2.37. The van der Waals surface area contributed by atoms with Gasteiger partial charge in [-0.1, -0.05) is 54.5 Å². The van der Waals surface area contributed by atoms with Crippen LogP contribution >= 0.6 is 15.9 Å². The lowest BCUT2D eigenvalue weighted by Crippen LogP contribution is -1.86. The van der Waals surface area contributed by atoms with Crippen molar-refractivity contribution >= 4 is 48.2 Å². The fraction of sp³-hybridized carbons (Fsp3) is 0. The smallest absolute Gasteiger partial charge is 0.0333 e. The van der Waals surface area contributed by atoms with E-state index in [0.717, 1.165) is 5.56 Å². The van der Waals surface area contributed by atoms with Crippen LogP contribution in [0, 0.1) is 10.8 Å². The quantitative estimate of drug-likeness (QED) is 0.306. The molecule has 4 aromatic carbocycles. The number of rotatable bonds is 0. The van der Waals surface area contributed by atoms with Crippen LogP contribution in [0.15, 0.2) is 54.6 Å². The van der Waals surface area contributed by atoms with Gasteiger partial charge in [0, 0.05) is 21.5 Å². The van der Waals surface area contributed by atoms with E-state index < -0.39 is 0 Å². The van der Waals surface area contributed by atoms with Crippen molar-refractivity contribution in [3.05, 3.63) is 60.2 Å². The van der Waals surface area contributed by atoms with Gasteiger partial charge in [0.25, 0.3) is 0 Å². The van der Waals surface area contributed by atoms with Crippen LogP contribution in [0.1, 0.15) is 5.56 Å². The van der Waals surface area contributed by atoms with E-state index in [1.165, 1.54) is 32.3 Å². The molecule has 0 bridgehead atoms. The van der Waals surface area contributed by atoms with Crippen LogP contribution in [0.25, 0.3) is 32.3 Å². The van der Waals surface area contributed by atoms with Crippen LogP contribution in [-0.4, -0.2) is 0 Å². The summed E-state index contributed by atoms with van der Waals surface area (Å²) in [6.45, 7) is 0. The highest BCUT2D eigenvalue weighted by Gasteiger charge is 2.09. The van der Waals surface area contributed by atoms with E-state index in [-0.39, 0.29) is 0 Å². The number of hydrogen-bond acceptors (Lipinski definition) is 0. The molecule has 0 nitrogen and oxygen atoms in total. The molecule has 0 fully saturated rings. The van der Waals surface area contributed by atoms with Gasteiger partial charge in [-0.05, 0) is 43.2 Å². The first-order chi connectivity index (χ1) is 9.38. The van der Waals surface area contributed by atoms with Gasteiger partial charge in [-0.3, -0.25) is 0 Å². The van der Waals surface area contributed by atoms with E-state index in [1.54, 1.807) is 0 Å². The molecule has 0 heterocycles. The van der Waals surface area contributed by atoms with Gasteiger partial charge in [0.2, 0.25) is 0 Å². The van der Waals surface area contributed by atoms with Crippen LogP contribution < -0.4 is 0 Å². The molecule has 0 aliphatic rings. The zero-order valence-corrected chi connectivity index (χ0v) is 11.7. The van der Waals surface area contributed by atoms with Gasteiger partial charge in [-0.25, -0.2) is 0 Å². The summed E-state index contributed by atoms with van der Waals surface area (Å²) in [6.07, 6.45) is 0. The van der Waals surface area contributed by atoms with E-state index in [9.17, 15) is 0 Å². The average Bonchev–Trinajstić information content (AvgIpc) is 2.46. The molecule has 19 heavy (non-hydrogen) atoms. The predicted octanol–water partition coefficient (Wildman–Crippen LogP) is 5.29. The Morgan fingerprint density at radius 3 is 2.05 bits per heavy atom. The molecule has 0 spiro atoms. The number of hydrogen-bond donors (Lipinski definition) is 0. The first-order valence-electron chi connectivity index (χ1n) is 6.17. The molecule has 4 aromatic rings. The molecule has 0 aliphatic carbocycles. The largest absolute Gasteiger partial charge is 0.0610 e. The molecule has 88 valence electrons. The van der Waals surface area contributed by atoms with Crippen molar-refractivity contribution in [3.8, 4) is 10.8 Å². The molecule has 0 radical (unpaired) electrons. The molecule has 4 rings (SSSR count). The Labute approximate surface area is 119 Å². The summed E-state index contributed by atoms with van der Waals surface area (Å²) in [5.41, 5.74) is 1.07. The molecule has 0 saturated heterocycles. The Bertz CT molecular complexity index is 955. The summed E-state index contributed by atoms with van der Waals surface area (Å²) in [5, 5.41) is 7.76. The Hall–Kier alpha value is -2.04. The summed E-state index contributed by atoms with van der Waals surface area (Å²) < 4.78 is 0. The molecule has 0 unspecified atom stereocenters. The summed E-state index contributed by atoms with van der Waals surface area (Å²) in [4.78, 5) is 2.82. The van der Waals surface area contributed by atoms with E-state index in [4.69, 9.17) is 0 Å². The Kier molecular flexibility index (Phi) is 2.27. The predicted molar refractivity (Wildman–Crippen MR) is 86.0 cm³/mol. The van der Waals surface area contributed by atoms with Crippen molar-refractivity contribution in [3.63, 3.8) is 0 Å². The maximum atomic E-state index is 3.19. The monoisotopic (exact) mass is 304 g/mol. The minimum absolute atomic E-state index is 1.07. The summed E-state index contributed by atoms with van der Waals surface area (Å²) in [6, 6.07) is 19.4. The summed E-state index contributed by atoms with van der Waals surface area (Å²) in [7, 11) is 0. The third-order valence-corrected chi connectivity index (χ3v) is 3.91. The molecule has 0 aromatic heterocycles. The van der Waals surface area contributed by atoms with Crippen LogP contribution in [0.3, 0.4) is 0 Å². The average molecular weight is 305 g/mol. The van der Waals surface area contributed by atoms with E-state index >= 15 is 0 Å². The van der Waals surface area contributed by atoms with Crippen LogP contribution in [-0.2, 0) is 0 Å². The molecule has 0 atom stereocenters. The third kappa shape index (κ3) is 1.47. The van der Waals surface area contributed by atoms with Gasteiger partial charge in [-0.15, -0.1) is 0 Å². The highest BCUT2D eigenvalue weighted by molar-refractivity contribution is 9.12. The van der Waals surface area contributed by atoms with Crippen molar-refractivity contribution < 1.29 is 0 Å². The van der Waals surface area contributed by atoms with Crippen molar-refractivity contribution in [1.29, 1.82) is 0 Å². The van der Waals surface area contributed by atoms with Crippen LogP contribution in [0.5, 0.6) is 0 Å². The van der Waals surface area contributed by atoms with Crippen LogP contribution in [0.4, 0.5) is 0 Å². The normalized spacial score (nSPS) is 11.0. The molecule has 1 heteroatoms. The van der Waals surface area contributed by atoms with Crippen LogP contribution in [0.2, 0.25) is 0 Å². The number of halogens is 1. The molecule has 0 aliphatic heterocycles. The van der Waals surface area contributed by atoms with Gasteiger partial charge in [0.15, 0.2) is 0 Å². The first-order valence-corrected chi connectivity index (χ1v) is 6.96. The minimum atomic E-state index is 1.07. The van der Waals surface area contributed by atoms with Gasteiger partial charge in [-0.2, -0.15) is 0 Å². The molecule has 0 saturated carbocycles. The second-order valence-corrected chi connectivity index (χ2v) is 5.09. The second kappa shape index (κ2) is 3.98. The second-order valence-electron chi connectivity index (χ2n) is 4.69. The third-order valence-electron chi connectivity index (χ3n) is 3.71.